The maximum Gasteiger partial charge on any atom is 0.416 e. The van der Waals surface area contributed by atoms with Crippen molar-refractivity contribution in [2.24, 2.45) is 5.73 Å². The quantitative estimate of drug-likeness (QED) is 0.692. The molecule has 0 aliphatic rings. The fourth-order valence-corrected chi connectivity index (χ4v) is 3.35. The third kappa shape index (κ3) is 6.88. The van der Waals surface area contributed by atoms with Gasteiger partial charge in [0.1, 0.15) is 5.75 Å². The molecule has 1 amide bonds. The fraction of sp³-hybridized carbons (Fsp3) is 0.533. The average Bonchev–Trinajstić information content (AvgIpc) is 2.45. The zero-order valence-electron chi connectivity index (χ0n) is 13.3. The Balaban J connectivity index is 2.83. The number of rotatable bonds is 8. The Labute approximate surface area is 139 Å². The number of hydrogen-bond acceptors (Lipinski definition) is 4. The Morgan fingerprint density at radius 2 is 1.88 bits per heavy atom. The van der Waals surface area contributed by atoms with E-state index in [1.54, 1.807) is 0 Å². The van der Waals surface area contributed by atoms with Gasteiger partial charge in [0.05, 0.1) is 11.3 Å². The van der Waals surface area contributed by atoms with E-state index in [2.05, 4.69) is 5.32 Å². The van der Waals surface area contributed by atoms with Gasteiger partial charge in [-0.15, -0.1) is 0 Å². The van der Waals surface area contributed by atoms with Gasteiger partial charge in [0.2, 0.25) is 5.91 Å². The number of carbonyl (C=O) groups excluding carboxylic acids is 1. The van der Waals surface area contributed by atoms with Gasteiger partial charge in [-0.05, 0) is 30.2 Å². The van der Waals surface area contributed by atoms with Crippen molar-refractivity contribution in [1.82, 2.24) is 0 Å². The molecule has 0 unspecified atom stereocenters. The number of unbranched alkanes of at least 4 members (excludes halogenated alkanes) is 2. The number of hydrogen-bond donors (Lipinski definition) is 2. The second-order valence-electron chi connectivity index (χ2n) is 5.47. The number of anilines is 1. The molecule has 3 N–H and O–H groups in total. The summed E-state index contributed by atoms with van der Waals surface area (Å²) in [6.45, 7) is 1.78. The summed E-state index contributed by atoms with van der Waals surface area (Å²) < 4.78 is 62.0. The van der Waals surface area contributed by atoms with Gasteiger partial charge in [-0.2, -0.15) is 13.2 Å². The summed E-state index contributed by atoms with van der Waals surface area (Å²) in [4.78, 5) is 11.8. The standard InChI is InChI=1S/C15H21F3N2O3S/c1-2-3-4-5-24(22,23)10-14(21)20-13-7-11(9-19)6-12(8-13)15(16,17)18/h6-8H,2-5,9-10,19H2,1H3,(H,20,21). The first-order valence-electron chi connectivity index (χ1n) is 7.49. The molecule has 0 aliphatic carbocycles. The second-order valence-corrected chi connectivity index (χ2v) is 7.65. The molecule has 0 saturated carbocycles. The Morgan fingerprint density at radius 1 is 1.21 bits per heavy atom. The molecule has 0 bridgehead atoms. The van der Waals surface area contributed by atoms with E-state index in [9.17, 15) is 26.4 Å². The molecule has 0 spiro atoms. The number of nitrogens with two attached hydrogens (primary N) is 1. The molecular weight excluding hydrogens is 345 g/mol. The summed E-state index contributed by atoms with van der Waals surface area (Å²) in [6, 6.07) is 2.93. The third-order valence-electron chi connectivity index (χ3n) is 3.25. The van der Waals surface area contributed by atoms with Crippen LogP contribution in [0.5, 0.6) is 0 Å². The molecule has 0 fully saturated rings. The summed E-state index contributed by atoms with van der Waals surface area (Å²) in [5.74, 6) is -1.75. The van der Waals surface area contributed by atoms with E-state index >= 15 is 0 Å². The normalized spacial score (nSPS) is 12.2. The van der Waals surface area contributed by atoms with Gasteiger partial charge < -0.3 is 11.1 Å². The van der Waals surface area contributed by atoms with Crippen LogP contribution in [0.15, 0.2) is 18.2 Å². The van der Waals surface area contributed by atoms with Gasteiger partial charge in [0, 0.05) is 12.2 Å². The minimum atomic E-state index is -4.59. The van der Waals surface area contributed by atoms with E-state index in [1.165, 1.54) is 6.07 Å². The van der Waals surface area contributed by atoms with Crippen LogP contribution in [-0.2, 0) is 27.4 Å². The van der Waals surface area contributed by atoms with E-state index in [1.807, 2.05) is 6.92 Å². The van der Waals surface area contributed by atoms with E-state index in [-0.39, 0.29) is 23.5 Å². The predicted octanol–water partition coefficient (Wildman–Crippen LogP) is 2.71. The molecule has 1 aromatic carbocycles. The maximum atomic E-state index is 12.8. The van der Waals surface area contributed by atoms with Crippen molar-refractivity contribution in [3.8, 4) is 0 Å². The average molecular weight is 366 g/mol. The van der Waals surface area contributed by atoms with E-state index < -0.39 is 33.2 Å². The molecule has 5 nitrogen and oxygen atoms in total. The Bertz CT molecular complexity index is 673. The molecule has 0 aromatic heterocycles. The number of halogens is 3. The van der Waals surface area contributed by atoms with Gasteiger partial charge in [-0.3, -0.25) is 4.79 Å². The number of alkyl halides is 3. The van der Waals surface area contributed by atoms with E-state index in [0.29, 0.717) is 6.42 Å². The Hall–Kier alpha value is -1.61. The minimum absolute atomic E-state index is 0.120. The van der Waals surface area contributed by atoms with Crippen molar-refractivity contribution in [1.29, 1.82) is 0 Å². The largest absolute Gasteiger partial charge is 0.416 e. The molecule has 9 heteroatoms. The van der Waals surface area contributed by atoms with Crippen LogP contribution in [0, 0.1) is 0 Å². The topological polar surface area (TPSA) is 89.3 Å². The number of sulfone groups is 1. The third-order valence-corrected chi connectivity index (χ3v) is 4.86. The molecule has 136 valence electrons. The Kier molecular flexibility index (Phi) is 7.22. The minimum Gasteiger partial charge on any atom is -0.326 e. The van der Waals surface area contributed by atoms with Gasteiger partial charge in [0.25, 0.3) is 0 Å². The SMILES string of the molecule is CCCCCS(=O)(=O)CC(=O)Nc1cc(CN)cc(C(F)(F)F)c1. The highest BCUT2D eigenvalue weighted by molar-refractivity contribution is 7.92. The molecule has 0 aliphatic heterocycles. The van der Waals surface area contributed by atoms with E-state index in [0.717, 1.165) is 25.0 Å². The molecule has 24 heavy (non-hydrogen) atoms. The van der Waals surface area contributed by atoms with Crippen LogP contribution in [0.3, 0.4) is 0 Å². The zero-order chi connectivity index (χ0) is 18.4. The first-order valence-corrected chi connectivity index (χ1v) is 9.31. The van der Waals surface area contributed by atoms with Crippen LogP contribution in [0.1, 0.15) is 37.3 Å². The van der Waals surface area contributed by atoms with Gasteiger partial charge >= 0.3 is 6.18 Å². The molecule has 0 radical (unpaired) electrons. The number of carbonyl (C=O) groups is 1. The number of benzene rings is 1. The first-order chi connectivity index (χ1) is 11.1. The summed E-state index contributed by atoms with van der Waals surface area (Å²) in [6.07, 6.45) is -2.56. The van der Waals surface area contributed by atoms with E-state index in [4.69, 9.17) is 5.73 Å². The van der Waals surface area contributed by atoms with Crippen LogP contribution in [0.2, 0.25) is 0 Å². The van der Waals surface area contributed by atoms with Crippen LogP contribution in [0.25, 0.3) is 0 Å². The van der Waals surface area contributed by atoms with Crippen molar-refractivity contribution in [3.63, 3.8) is 0 Å². The lowest BCUT2D eigenvalue weighted by Crippen LogP contribution is -2.25. The fourth-order valence-electron chi connectivity index (χ4n) is 2.09. The first kappa shape index (κ1) is 20.4. The highest BCUT2D eigenvalue weighted by atomic mass is 32.2. The van der Waals surface area contributed by atoms with Crippen molar-refractivity contribution in [2.45, 2.75) is 38.9 Å². The molecule has 0 saturated heterocycles. The summed E-state index contributed by atoms with van der Waals surface area (Å²) in [5.41, 5.74) is 4.46. The molecular formula is C15H21F3N2O3S. The summed E-state index contributed by atoms with van der Waals surface area (Å²) >= 11 is 0. The van der Waals surface area contributed by atoms with Crippen molar-refractivity contribution >= 4 is 21.4 Å². The lowest BCUT2D eigenvalue weighted by molar-refractivity contribution is -0.137. The molecule has 1 rings (SSSR count). The predicted molar refractivity (Wildman–Crippen MR) is 86.1 cm³/mol. The lowest BCUT2D eigenvalue weighted by Gasteiger charge is -2.12. The molecule has 0 atom stereocenters. The summed E-state index contributed by atoms with van der Waals surface area (Å²) in [7, 11) is -3.59. The molecule has 1 aromatic rings. The van der Waals surface area contributed by atoms with Crippen LogP contribution < -0.4 is 11.1 Å². The smallest absolute Gasteiger partial charge is 0.326 e. The zero-order valence-corrected chi connectivity index (χ0v) is 14.1. The monoisotopic (exact) mass is 366 g/mol. The Morgan fingerprint density at radius 3 is 2.42 bits per heavy atom. The van der Waals surface area contributed by atoms with Crippen LogP contribution in [-0.4, -0.2) is 25.8 Å². The van der Waals surface area contributed by atoms with Gasteiger partial charge in [-0.1, -0.05) is 19.8 Å². The number of nitrogens with one attached hydrogen (secondary N) is 1. The highest BCUT2D eigenvalue weighted by Crippen LogP contribution is 2.32. The van der Waals surface area contributed by atoms with Crippen molar-refractivity contribution in [3.05, 3.63) is 29.3 Å². The van der Waals surface area contributed by atoms with Crippen LogP contribution >= 0.6 is 0 Å². The summed E-state index contributed by atoms with van der Waals surface area (Å²) in [5, 5.41) is 2.20. The molecule has 0 heterocycles. The van der Waals surface area contributed by atoms with Crippen molar-refractivity contribution in [2.75, 3.05) is 16.8 Å². The van der Waals surface area contributed by atoms with Gasteiger partial charge in [-0.25, -0.2) is 8.42 Å². The number of amides is 1. The lowest BCUT2D eigenvalue weighted by atomic mass is 10.1. The highest BCUT2D eigenvalue weighted by Gasteiger charge is 2.31. The van der Waals surface area contributed by atoms with Crippen molar-refractivity contribution < 1.29 is 26.4 Å². The maximum absolute atomic E-state index is 12.8. The van der Waals surface area contributed by atoms with Crippen LogP contribution in [0.4, 0.5) is 18.9 Å². The van der Waals surface area contributed by atoms with Gasteiger partial charge in [0.15, 0.2) is 9.84 Å². The second kappa shape index (κ2) is 8.48.